The van der Waals surface area contributed by atoms with Gasteiger partial charge in [0.2, 0.25) is 0 Å². The van der Waals surface area contributed by atoms with E-state index in [-0.39, 0.29) is 37.0 Å². The molecule has 3 aliphatic heterocycles. The fraction of sp³-hybridized carbons (Fsp3) is 0.704. The van der Waals surface area contributed by atoms with E-state index in [0.717, 1.165) is 12.0 Å². The molecule has 3 saturated heterocycles. The Bertz CT molecular complexity index is 1020. The van der Waals surface area contributed by atoms with Gasteiger partial charge in [-0.2, -0.15) is 0 Å². The van der Waals surface area contributed by atoms with Gasteiger partial charge in [-0.15, -0.1) is 0 Å². The Morgan fingerprint density at radius 3 is 2.44 bits per heavy atom. The third-order valence-electron chi connectivity index (χ3n) is 8.31. The summed E-state index contributed by atoms with van der Waals surface area (Å²) in [6.45, 7) is 10.7. The standard InChI is InChI=1S/C27H38N2O7/c1-25(2,3)36-24(32)28-19(14-35-26(28,4)5)22(30)21-17-12-16(17)20(15-10-8-7-9-11-15)18-13-34-23(31)29(18)27(21,6)33/h7-11,16-22,30,33H,12-14H2,1-6H3/t16?,17?,18?,19-,20+,21-,22+,27?/m1/s1. The van der Waals surface area contributed by atoms with Crippen molar-refractivity contribution >= 4 is 12.2 Å². The summed E-state index contributed by atoms with van der Waals surface area (Å²) in [7, 11) is 0. The van der Waals surface area contributed by atoms with Gasteiger partial charge < -0.3 is 24.4 Å². The van der Waals surface area contributed by atoms with Crippen LogP contribution in [-0.2, 0) is 14.2 Å². The second kappa shape index (κ2) is 8.33. The van der Waals surface area contributed by atoms with Crippen LogP contribution in [0, 0.1) is 17.8 Å². The van der Waals surface area contributed by atoms with Gasteiger partial charge in [-0.3, -0.25) is 9.80 Å². The molecule has 0 aromatic heterocycles. The molecule has 1 saturated carbocycles. The third-order valence-corrected chi connectivity index (χ3v) is 8.31. The lowest BCUT2D eigenvalue weighted by Gasteiger charge is -2.45. The van der Waals surface area contributed by atoms with Gasteiger partial charge in [-0.05, 0) is 65.4 Å². The fourth-order valence-electron chi connectivity index (χ4n) is 6.85. The molecule has 0 spiro atoms. The first-order chi connectivity index (χ1) is 16.7. The highest BCUT2D eigenvalue weighted by Gasteiger charge is 2.67. The van der Waals surface area contributed by atoms with Gasteiger partial charge in [-0.25, -0.2) is 9.59 Å². The molecule has 1 aliphatic carbocycles. The zero-order valence-electron chi connectivity index (χ0n) is 21.9. The zero-order valence-corrected chi connectivity index (χ0v) is 21.9. The molecule has 1 aromatic rings. The zero-order chi connectivity index (χ0) is 26.2. The Morgan fingerprint density at radius 1 is 1.14 bits per heavy atom. The summed E-state index contributed by atoms with van der Waals surface area (Å²) in [6.07, 6.45) is -1.53. The van der Waals surface area contributed by atoms with Crippen LogP contribution in [0.25, 0.3) is 0 Å². The molecule has 0 radical (unpaired) electrons. The molecule has 4 aliphatic rings. The lowest BCUT2D eigenvalue weighted by Crippen LogP contribution is -2.63. The van der Waals surface area contributed by atoms with E-state index in [1.54, 1.807) is 41.5 Å². The van der Waals surface area contributed by atoms with Crippen molar-refractivity contribution in [3.63, 3.8) is 0 Å². The molecule has 4 fully saturated rings. The average molecular weight is 503 g/mol. The van der Waals surface area contributed by atoms with Crippen LogP contribution in [0.15, 0.2) is 30.3 Å². The molecular weight excluding hydrogens is 464 g/mol. The Labute approximate surface area is 212 Å². The van der Waals surface area contributed by atoms with Crippen molar-refractivity contribution in [2.24, 2.45) is 17.8 Å². The SMILES string of the molecule is CC(C)(C)OC(=O)N1[C@@H]([C@H](O)[C@H]2C3CC3[C@H](c3ccccc3)C3COC(=O)N3C2(C)O)COC1(C)C. The number of amides is 2. The van der Waals surface area contributed by atoms with E-state index in [9.17, 15) is 19.8 Å². The van der Waals surface area contributed by atoms with E-state index in [4.69, 9.17) is 14.2 Å². The summed E-state index contributed by atoms with van der Waals surface area (Å²) in [5.41, 5.74) is -2.33. The minimum Gasteiger partial charge on any atom is -0.447 e. The third kappa shape index (κ3) is 4.05. The summed E-state index contributed by atoms with van der Waals surface area (Å²) in [5, 5.41) is 23.9. The smallest absolute Gasteiger partial charge is 0.412 e. The second-order valence-electron chi connectivity index (χ2n) is 12.3. The number of carbonyl (C=O) groups excluding carboxylic acids is 2. The molecule has 0 bridgehead atoms. The number of hydrogen-bond donors (Lipinski definition) is 2. The van der Waals surface area contributed by atoms with Crippen LogP contribution in [0.4, 0.5) is 9.59 Å². The van der Waals surface area contributed by atoms with Crippen molar-refractivity contribution in [3.8, 4) is 0 Å². The molecular formula is C27H38N2O7. The summed E-state index contributed by atoms with van der Waals surface area (Å²) in [4.78, 5) is 29.0. The first-order valence-electron chi connectivity index (χ1n) is 12.8. The van der Waals surface area contributed by atoms with Gasteiger partial charge in [-0.1, -0.05) is 30.3 Å². The first kappa shape index (κ1) is 25.3. The predicted molar refractivity (Wildman–Crippen MR) is 130 cm³/mol. The van der Waals surface area contributed by atoms with E-state index in [1.165, 1.54) is 9.80 Å². The number of aliphatic hydroxyl groups is 2. The van der Waals surface area contributed by atoms with Gasteiger partial charge >= 0.3 is 12.2 Å². The number of rotatable bonds is 3. The van der Waals surface area contributed by atoms with Crippen LogP contribution in [0.1, 0.15) is 59.4 Å². The van der Waals surface area contributed by atoms with Gasteiger partial charge in [0.25, 0.3) is 0 Å². The summed E-state index contributed by atoms with van der Waals surface area (Å²) in [5.74, 6) is -0.613. The highest BCUT2D eigenvalue weighted by molar-refractivity contribution is 5.72. The highest BCUT2D eigenvalue weighted by atomic mass is 16.6. The molecule has 2 N–H and O–H groups in total. The summed E-state index contributed by atoms with van der Waals surface area (Å²) >= 11 is 0. The number of ether oxygens (including phenoxy) is 3. The number of carbonyl (C=O) groups is 2. The van der Waals surface area contributed by atoms with Crippen LogP contribution < -0.4 is 0 Å². The van der Waals surface area contributed by atoms with Crippen LogP contribution in [0.2, 0.25) is 0 Å². The largest absolute Gasteiger partial charge is 0.447 e. The van der Waals surface area contributed by atoms with Gasteiger partial charge in [0.05, 0.1) is 24.8 Å². The Hall–Kier alpha value is -2.36. The first-order valence-corrected chi connectivity index (χ1v) is 12.8. The van der Waals surface area contributed by atoms with Crippen molar-refractivity contribution in [1.29, 1.82) is 0 Å². The maximum atomic E-state index is 13.2. The van der Waals surface area contributed by atoms with Crippen LogP contribution in [0.5, 0.6) is 0 Å². The van der Waals surface area contributed by atoms with Gasteiger partial charge in [0, 0.05) is 11.8 Å². The second-order valence-corrected chi connectivity index (χ2v) is 12.3. The minimum absolute atomic E-state index is 0.0236. The number of nitrogens with zero attached hydrogens (tertiary/aromatic N) is 2. The number of aliphatic hydroxyl groups excluding tert-OH is 1. The Kier molecular flexibility index (Phi) is 5.85. The molecule has 9 nitrogen and oxygen atoms in total. The number of benzene rings is 1. The molecule has 198 valence electrons. The summed E-state index contributed by atoms with van der Waals surface area (Å²) in [6, 6.07) is 8.89. The molecule has 2 amide bonds. The van der Waals surface area contributed by atoms with Crippen molar-refractivity contribution in [3.05, 3.63) is 35.9 Å². The van der Waals surface area contributed by atoms with Crippen molar-refractivity contribution in [2.75, 3.05) is 13.2 Å². The Balaban J connectivity index is 1.51. The Morgan fingerprint density at radius 2 is 1.81 bits per heavy atom. The minimum atomic E-state index is -1.69. The van der Waals surface area contributed by atoms with Gasteiger partial charge in [0.1, 0.15) is 23.7 Å². The lowest BCUT2D eigenvalue weighted by molar-refractivity contribution is -0.162. The molecule has 8 atom stereocenters. The molecule has 4 unspecified atom stereocenters. The molecule has 1 aromatic carbocycles. The van der Waals surface area contributed by atoms with Crippen molar-refractivity contribution in [1.82, 2.24) is 9.80 Å². The fourth-order valence-corrected chi connectivity index (χ4v) is 6.85. The number of hydrogen-bond acceptors (Lipinski definition) is 7. The van der Waals surface area contributed by atoms with E-state index in [0.29, 0.717) is 0 Å². The molecule has 5 rings (SSSR count). The summed E-state index contributed by atoms with van der Waals surface area (Å²) < 4.78 is 17.0. The lowest BCUT2D eigenvalue weighted by atomic mass is 9.81. The normalized spacial score (nSPS) is 38.1. The van der Waals surface area contributed by atoms with Crippen LogP contribution >= 0.6 is 0 Å². The average Bonchev–Trinajstić information content (AvgIpc) is 3.30. The van der Waals surface area contributed by atoms with Gasteiger partial charge in [0.15, 0.2) is 0 Å². The van der Waals surface area contributed by atoms with E-state index in [2.05, 4.69) is 0 Å². The maximum absolute atomic E-state index is 13.2. The van der Waals surface area contributed by atoms with E-state index < -0.39 is 47.3 Å². The van der Waals surface area contributed by atoms with Crippen LogP contribution in [0.3, 0.4) is 0 Å². The quantitative estimate of drug-likeness (QED) is 0.653. The van der Waals surface area contributed by atoms with Crippen LogP contribution in [-0.4, -0.2) is 80.7 Å². The molecule has 3 heterocycles. The maximum Gasteiger partial charge on any atom is 0.412 e. The number of fused-ring (bicyclic) bond motifs is 2. The molecule has 9 heteroatoms. The monoisotopic (exact) mass is 502 g/mol. The van der Waals surface area contributed by atoms with Crippen molar-refractivity contribution in [2.45, 2.75) is 89.1 Å². The van der Waals surface area contributed by atoms with E-state index >= 15 is 0 Å². The molecule has 36 heavy (non-hydrogen) atoms. The predicted octanol–water partition coefficient (Wildman–Crippen LogP) is 3.30. The highest BCUT2D eigenvalue weighted by Crippen LogP contribution is 2.62. The van der Waals surface area contributed by atoms with E-state index in [1.807, 2.05) is 30.3 Å². The van der Waals surface area contributed by atoms with Crippen molar-refractivity contribution < 1.29 is 34.0 Å². The topological polar surface area (TPSA) is 109 Å². The number of cyclic esters (lactones) is 1.